The molecule has 1 aromatic carbocycles. The summed E-state index contributed by atoms with van der Waals surface area (Å²) in [7, 11) is 0. The normalized spacial score (nSPS) is 14.9. The van der Waals surface area contributed by atoms with E-state index in [0.29, 0.717) is 0 Å². The number of carbonyl (C=O) groups is 2. The molecule has 8 heteroatoms. The Morgan fingerprint density at radius 3 is 2.44 bits per heavy atom. The minimum atomic E-state index is -1.63. The van der Waals surface area contributed by atoms with E-state index in [4.69, 9.17) is 0 Å². The fraction of sp³-hybridized carbons (Fsp3) is 0.529. The summed E-state index contributed by atoms with van der Waals surface area (Å²) in [6.07, 6.45) is 5.21. The number of halogens is 3. The van der Waals surface area contributed by atoms with Crippen LogP contribution in [0.2, 0.25) is 0 Å². The third-order valence-electron chi connectivity index (χ3n) is 4.25. The van der Waals surface area contributed by atoms with Crippen LogP contribution in [0.1, 0.15) is 39.0 Å². The van der Waals surface area contributed by atoms with Crippen molar-refractivity contribution in [1.82, 2.24) is 10.6 Å². The van der Waals surface area contributed by atoms with Crippen LogP contribution in [0.4, 0.5) is 23.7 Å². The zero-order chi connectivity index (χ0) is 18.4. The van der Waals surface area contributed by atoms with Gasteiger partial charge in [-0.2, -0.15) is 0 Å². The summed E-state index contributed by atoms with van der Waals surface area (Å²) in [5.74, 6) is -4.93. The van der Waals surface area contributed by atoms with E-state index in [1.807, 2.05) is 0 Å². The van der Waals surface area contributed by atoms with Gasteiger partial charge in [-0.25, -0.2) is 18.0 Å². The topological polar surface area (TPSA) is 61.4 Å². The number of rotatable bonds is 5. The predicted molar refractivity (Wildman–Crippen MR) is 87.8 cm³/mol. The number of anilines is 1. The second-order valence-electron chi connectivity index (χ2n) is 6.10. The van der Waals surface area contributed by atoms with Crippen LogP contribution in [0, 0.1) is 17.5 Å². The summed E-state index contributed by atoms with van der Waals surface area (Å²) in [6, 6.07) is 1.53. The highest BCUT2D eigenvalue weighted by atomic mass is 19.2. The lowest BCUT2D eigenvalue weighted by atomic mass is 9.96. The Bertz CT molecular complexity index is 634. The number of hydrogen-bond acceptors (Lipinski definition) is 2. The number of benzene rings is 1. The number of amides is 3. The molecule has 0 bridgehead atoms. The van der Waals surface area contributed by atoms with Crippen molar-refractivity contribution in [3.63, 3.8) is 0 Å². The molecule has 3 amide bonds. The molecule has 2 N–H and O–H groups in total. The van der Waals surface area contributed by atoms with Gasteiger partial charge in [0.25, 0.3) is 0 Å². The van der Waals surface area contributed by atoms with Crippen molar-refractivity contribution in [3.8, 4) is 0 Å². The van der Waals surface area contributed by atoms with Crippen molar-refractivity contribution in [2.75, 3.05) is 18.0 Å². The Morgan fingerprint density at radius 1 is 1.12 bits per heavy atom. The smallest absolute Gasteiger partial charge is 0.315 e. The highest BCUT2D eigenvalue weighted by Gasteiger charge is 2.21. The molecule has 0 aliphatic heterocycles. The van der Waals surface area contributed by atoms with Crippen LogP contribution >= 0.6 is 0 Å². The van der Waals surface area contributed by atoms with Crippen LogP contribution in [0.15, 0.2) is 12.1 Å². The average molecular weight is 357 g/mol. The number of nitrogens with zero attached hydrogens (tertiary/aromatic N) is 1. The maximum Gasteiger partial charge on any atom is 0.315 e. The molecular weight excluding hydrogens is 335 g/mol. The molecule has 25 heavy (non-hydrogen) atoms. The van der Waals surface area contributed by atoms with Crippen LogP contribution < -0.4 is 15.5 Å². The van der Waals surface area contributed by atoms with Gasteiger partial charge in [0, 0.05) is 26.1 Å². The van der Waals surface area contributed by atoms with E-state index >= 15 is 0 Å². The standard InChI is InChI=1S/C17H22F3N3O2/c1-11(24)23(14-8-7-13(18)15(19)16(14)20)10-9-21-17(25)22-12-5-3-2-4-6-12/h7-8,12H,2-6,9-10H2,1H3,(H2,21,22,25). The Morgan fingerprint density at radius 2 is 1.80 bits per heavy atom. The SMILES string of the molecule is CC(=O)N(CCNC(=O)NC1CCCCC1)c1ccc(F)c(F)c1F. The molecule has 0 spiro atoms. The minimum absolute atomic E-state index is 0.0522. The van der Waals surface area contributed by atoms with E-state index in [1.54, 1.807) is 0 Å². The third kappa shape index (κ3) is 5.11. The van der Waals surface area contributed by atoms with Gasteiger partial charge in [0.05, 0.1) is 5.69 Å². The Hall–Kier alpha value is -2.25. The first-order chi connectivity index (χ1) is 11.9. The molecule has 1 saturated carbocycles. The molecule has 0 saturated heterocycles. The predicted octanol–water partition coefficient (Wildman–Crippen LogP) is 3.09. The Kier molecular flexibility index (Phi) is 6.66. The molecule has 1 aromatic rings. The van der Waals surface area contributed by atoms with Crippen molar-refractivity contribution < 1.29 is 22.8 Å². The number of hydrogen-bond donors (Lipinski definition) is 2. The van der Waals surface area contributed by atoms with Gasteiger partial charge in [-0.1, -0.05) is 19.3 Å². The van der Waals surface area contributed by atoms with Gasteiger partial charge in [0.2, 0.25) is 5.91 Å². The second-order valence-corrected chi connectivity index (χ2v) is 6.10. The van der Waals surface area contributed by atoms with Gasteiger partial charge >= 0.3 is 6.03 Å². The number of carbonyl (C=O) groups excluding carboxylic acids is 2. The Balaban J connectivity index is 1.91. The van der Waals surface area contributed by atoms with E-state index < -0.39 is 23.4 Å². The Labute approximate surface area is 144 Å². The highest BCUT2D eigenvalue weighted by molar-refractivity contribution is 5.91. The summed E-state index contributed by atoms with van der Waals surface area (Å²) >= 11 is 0. The van der Waals surface area contributed by atoms with Crippen molar-refractivity contribution in [2.24, 2.45) is 0 Å². The highest BCUT2D eigenvalue weighted by Crippen LogP contribution is 2.23. The summed E-state index contributed by atoms with van der Waals surface area (Å²) in [5.41, 5.74) is -0.360. The van der Waals surface area contributed by atoms with E-state index in [-0.39, 0.29) is 30.8 Å². The molecule has 0 atom stereocenters. The number of nitrogens with one attached hydrogen (secondary N) is 2. The zero-order valence-electron chi connectivity index (χ0n) is 14.1. The summed E-state index contributed by atoms with van der Waals surface area (Å²) in [4.78, 5) is 24.5. The van der Waals surface area contributed by atoms with E-state index in [2.05, 4.69) is 10.6 Å². The maximum atomic E-state index is 13.9. The third-order valence-corrected chi connectivity index (χ3v) is 4.25. The lowest BCUT2D eigenvalue weighted by Gasteiger charge is -2.24. The van der Waals surface area contributed by atoms with Crippen molar-refractivity contribution >= 4 is 17.6 Å². The molecule has 1 aliphatic rings. The molecule has 0 heterocycles. The summed E-state index contributed by atoms with van der Waals surface area (Å²) in [6.45, 7) is 1.18. The van der Waals surface area contributed by atoms with Gasteiger partial charge in [-0.3, -0.25) is 4.79 Å². The van der Waals surface area contributed by atoms with E-state index in [9.17, 15) is 22.8 Å². The zero-order valence-corrected chi connectivity index (χ0v) is 14.1. The average Bonchev–Trinajstić information content (AvgIpc) is 2.58. The molecule has 0 radical (unpaired) electrons. The lowest BCUT2D eigenvalue weighted by Crippen LogP contribution is -2.45. The molecule has 2 rings (SSSR count). The molecule has 1 fully saturated rings. The molecule has 1 aliphatic carbocycles. The first-order valence-electron chi connectivity index (χ1n) is 8.36. The lowest BCUT2D eigenvalue weighted by molar-refractivity contribution is -0.116. The largest absolute Gasteiger partial charge is 0.336 e. The second kappa shape index (κ2) is 8.73. The van der Waals surface area contributed by atoms with E-state index in [1.165, 1.54) is 13.3 Å². The first kappa shape index (κ1) is 19.1. The van der Waals surface area contributed by atoms with Crippen molar-refractivity contribution in [2.45, 2.75) is 45.1 Å². The molecule has 0 unspecified atom stereocenters. The van der Waals surface area contributed by atoms with Crippen LogP contribution in [-0.2, 0) is 4.79 Å². The van der Waals surface area contributed by atoms with Crippen LogP contribution in [0.5, 0.6) is 0 Å². The fourth-order valence-corrected chi connectivity index (χ4v) is 2.94. The molecule has 138 valence electrons. The molecule has 0 aromatic heterocycles. The first-order valence-corrected chi connectivity index (χ1v) is 8.36. The maximum absolute atomic E-state index is 13.9. The fourth-order valence-electron chi connectivity index (χ4n) is 2.94. The summed E-state index contributed by atoms with van der Waals surface area (Å²) in [5, 5.41) is 5.45. The van der Waals surface area contributed by atoms with Crippen LogP contribution in [-0.4, -0.2) is 31.1 Å². The minimum Gasteiger partial charge on any atom is -0.336 e. The van der Waals surface area contributed by atoms with Gasteiger partial charge in [0.1, 0.15) is 0 Å². The molecule has 5 nitrogen and oxygen atoms in total. The summed E-state index contributed by atoms with van der Waals surface area (Å²) < 4.78 is 40.2. The molecular formula is C17H22F3N3O2. The van der Waals surface area contributed by atoms with Crippen molar-refractivity contribution in [3.05, 3.63) is 29.6 Å². The van der Waals surface area contributed by atoms with Crippen LogP contribution in [0.3, 0.4) is 0 Å². The quantitative estimate of drug-likeness (QED) is 0.796. The van der Waals surface area contributed by atoms with E-state index in [0.717, 1.165) is 42.7 Å². The number of urea groups is 1. The van der Waals surface area contributed by atoms with Gasteiger partial charge in [0.15, 0.2) is 17.5 Å². The van der Waals surface area contributed by atoms with Crippen molar-refractivity contribution in [1.29, 1.82) is 0 Å². The van der Waals surface area contributed by atoms with Gasteiger partial charge in [-0.15, -0.1) is 0 Å². The monoisotopic (exact) mass is 357 g/mol. The van der Waals surface area contributed by atoms with Gasteiger partial charge in [-0.05, 0) is 25.0 Å². The van der Waals surface area contributed by atoms with Crippen LogP contribution in [0.25, 0.3) is 0 Å². The van der Waals surface area contributed by atoms with Gasteiger partial charge < -0.3 is 15.5 Å².